The second-order valence-corrected chi connectivity index (χ2v) is 4.35. The van der Waals surface area contributed by atoms with Gasteiger partial charge in [0.1, 0.15) is 5.60 Å². The van der Waals surface area contributed by atoms with Crippen LogP contribution in [0.4, 0.5) is 5.69 Å². The molecule has 0 aromatic heterocycles. The Morgan fingerprint density at radius 1 is 1.19 bits per heavy atom. The van der Waals surface area contributed by atoms with Gasteiger partial charge < -0.3 is 15.3 Å². The Morgan fingerprint density at radius 2 is 1.75 bits per heavy atom. The molecule has 0 spiro atoms. The summed E-state index contributed by atoms with van der Waals surface area (Å²) >= 11 is 0. The van der Waals surface area contributed by atoms with E-state index in [4.69, 9.17) is 0 Å². The first-order valence-corrected chi connectivity index (χ1v) is 5.98. The fourth-order valence-corrected chi connectivity index (χ4v) is 2.14. The Bertz CT molecular complexity index is 339. The lowest BCUT2D eigenvalue weighted by atomic mass is 9.88. The fraction of sp³-hybridized carbons (Fsp3) is 0.538. The third-order valence-electron chi connectivity index (χ3n) is 3.37. The molecule has 0 aliphatic carbocycles. The first-order valence-electron chi connectivity index (χ1n) is 5.98. The molecule has 1 fully saturated rings. The van der Waals surface area contributed by atoms with Gasteiger partial charge in [0.2, 0.25) is 0 Å². The van der Waals surface area contributed by atoms with Gasteiger partial charge in [-0.1, -0.05) is 12.1 Å². The van der Waals surface area contributed by atoms with E-state index in [1.165, 1.54) is 5.69 Å². The van der Waals surface area contributed by atoms with Crippen molar-refractivity contribution in [3.05, 3.63) is 29.8 Å². The van der Waals surface area contributed by atoms with Crippen LogP contribution in [0, 0.1) is 0 Å². The smallest absolute Gasteiger partial charge is 0.114 e. The van der Waals surface area contributed by atoms with Crippen LogP contribution < -0.4 is 10.2 Å². The highest BCUT2D eigenvalue weighted by Gasteiger charge is 2.35. The summed E-state index contributed by atoms with van der Waals surface area (Å²) in [5.74, 6) is 0. The SMILES string of the molecule is CCN(CC)c1ccc(C2(O)CNC2)cc1. The molecule has 1 saturated heterocycles. The zero-order valence-electron chi connectivity index (χ0n) is 10.0. The van der Waals surface area contributed by atoms with Gasteiger partial charge in [-0.15, -0.1) is 0 Å². The maximum Gasteiger partial charge on any atom is 0.114 e. The molecular weight excluding hydrogens is 200 g/mol. The van der Waals surface area contributed by atoms with E-state index in [-0.39, 0.29) is 0 Å². The summed E-state index contributed by atoms with van der Waals surface area (Å²) in [7, 11) is 0. The molecule has 1 aliphatic heterocycles. The van der Waals surface area contributed by atoms with E-state index in [1.54, 1.807) is 0 Å². The number of hydrogen-bond donors (Lipinski definition) is 2. The van der Waals surface area contributed by atoms with Crippen LogP contribution in [-0.2, 0) is 5.60 Å². The minimum absolute atomic E-state index is 0.637. The summed E-state index contributed by atoms with van der Waals surface area (Å²) in [5, 5.41) is 13.2. The monoisotopic (exact) mass is 220 g/mol. The zero-order chi connectivity index (χ0) is 11.6. The Kier molecular flexibility index (Phi) is 3.17. The van der Waals surface area contributed by atoms with Crippen LogP contribution in [0.2, 0.25) is 0 Å². The normalized spacial score (nSPS) is 17.9. The minimum Gasteiger partial charge on any atom is -0.382 e. The third-order valence-corrected chi connectivity index (χ3v) is 3.37. The van der Waals surface area contributed by atoms with E-state index in [1.807, 2.05) is 12.1 Å². The predicted octanol–water partition coefficient (Wildman–Crippen LogP) is 1.32. The molecule has 3 nitrogen and oxygen atoms in total. The van der Waals surface area contributed by atoms with E-state index < -0.39 is 5.60 Å². The van der Waals surface area contributed by atoms with E-state index in [9.17, 15) is 5.11 Å². The number of β-amino-alcohol motifs (C(OH)–C–C–N with tert-alkyl or cyclic N) is 1. The average molecular weight is 220 g/mol. The summed E-state index contributed by atoms with van der Waals surface area (Å²) in [6, 6.07) is 8.26. The molecule has 0 saturated carbocycles. The van der Waals surface area contributed by atoms with Crippen LogP contribution in [0.15, 0.2) is 24.3 Å². The molecule has 2 N–H and O–H groups in total. The molecule has 0 bridgehead atoms. The van der Waals surface area contributed by atoms with Crippen LogP contribution >= 0.6 is 0 Å². The largest absolute Gasteiger partial charge is 0.382 e. The Hall–Kier alpha value is -1.06. The summed E-state index contributed by atoms with van der Waals surface area (Å²) in [5.41, 5.74) is 1.61. The molecule has 1 aromatic rings. The van der Waals surface area contributed by atoms with Gasteiger partial charge in [0.05, 0.1) is 0 Å². The van der Waals surface area contributed by atoms with Crippen LogP contribution in [0.1, 0.15) is 19.4 Å². The molecule has 1 aliphatic rings. The molecule has 0 unspecified atom stereocenters. The Morgan fingerprint density at radius 3 is 2.12 bits per heavy atom. The topological polar surface area (TPSA) is 35.5 Å². The van der Waals surface area contributed by atoms with E-state index >= 15 is 0 Å². The van der Waals surface area contributed by atoms with Crippen molar-refractivity contribution < 1.29 is 5.11 Å². The van der Waals surface area contributed by atoms with Gasteiger partial charge in [-0.05, 0) is 31.5 Å². The molecule has 3 heteroatoms. The van der Waals surface area contributed by atoms with Crippen molar-refractivity contribution in [3.63, 3.8) is 0 Å². The molecule has 1 heterocycles. The predicted molar refractivity (Wildman–Crippen MR) is 66.8 cm³/mol. The molecule has 0 radical (unpaired) electrons. The van der Waals surface area contributed by atoms with Gasteiger partial charge in [-0.2, -0.15) is 0 Å². The molecule has 0 amide bonds. The highest BCUT2D eigenvalue weighted by atomic mass is 16.3. The number of rotatable bonds is 4. The van der Waals surface area contributed by atoms with E-state index in [0.717, 1.165) is 18.7 Å². The van der Waals surface area contributed by atoms with Crippen molar-refractivity contribution in [2.45, 2.75) is 19.4 Å². The van der Waals surface area contributed by atoms with Crippen molar-refractivity contribution in [2.24, 2.45) is 0 Å². The lowest BCUT2D eigenvalue weighted by Gasteiger charge is -2.38. The summed E-state index contributed by atoms with van der Waals surface area (Å²) < 4.78 is 0. The highest BCUT2D eigenvalue weighted by Crippen LogP contribution is 2.27. The van der Waals surface area contributed by atoms with Gasteiger partial charge in [0.25, 0.3) is 0 Å². The maximum atomic E-state index is 10.1. The van der Waals surface area contributed by atoms with Crippen molar-refractivity contribution >= 4 is 5.69 Å². The van der Waals surface area contributed by atoms with Crippen molar-refractivity contribution in [1.29, 1.82) is 0 Å². The average Bonchev–Trinajstić information content (AvgIpc) is 2.28. The van der Waals surface area contributed by atoms with Gasteiger partial charge >= 0.3 is 0 Å². The Balaban J connectivity index is 2.15. The van der Waals surface area contributed by atoms with E-state index in [0.29, 0.717) is 13.1 Å². The first-order chi connectivity index (χ1) is 7.69. The first kappa shape index (κ1) is 11.4. The number of aliphatic hydroxyl groups is 1. The molecule has 16 heavy (non-hydrogen) atoms. The van der Waals surface area contributed by atoms with Gasteiger partial charge in [0, 0.05) is 31.9 Å². The van der Waals surface area contributed by atoms with Gasteiger partial charge in [-0.3, -0.25) is 0 Å². The van der Waals surface area contributed by atoms with Gasteiger partial charge in [0.15, 0.2) is 0 Å². The van der Waals surface area contributed by atoms with Crippen LogP contribution in [-0.4, -0.2) is 31.3 Å². The Labute approximate surface area is 97.1 Å². The number of nitrogens with one attached hydrogen (secondary N) is 1. The van der Waals surface area contributed by atoms with Gasteiger partial charge in [-0.25, -0.2) is 0 Å². The molecule has 1 aromatic carbocycles. The third kappa shape index (κ3) is 1.93. The molecule has 0 atom stereocenters. The standard InChI is InChI=1S/C13H20N2O/c1-3-15(4-2)12-7-5-11(6-8-12)13(16)9-14-10-13/h5-8,14,16H,3-4,9-10H2,1-2H3. The van der Waals surface area contributed by atoms with Crippen molar-refractivity contribution in [1.82, 2.24) is 5.32 Å². The molecular formula is C13H20N2O. The van der Waals surface area contributed by atoms with Crippen LogP contribution in [0.3, 0.4) is 0 Å². The minimum atomic E-state index is -0.637. The lowest BCUT2D eigenvalue weighted by molar-refractivity contribution is -0.0146. The second kappa shape index (κ2) is 4.44. The van der Waals surface area contributed by atoms with E-state index in [2.05, 4.69) is 36.2 Å². The zero-order valence-corrected chi connectivity index (χ0v) is 10.0. The van der Waals surface area contributed by atoms with Crippen molar-refractivity contribution in [3.8, 4) is 0 Å². The summed E-state index contributed by atoms with van der Waals surface area (Å²) in [6.45, 7) is 7.67. The van der Waals surface area contributed by atoms with Crippen molar-refractivity contribution in [2.75, 3.05) is 31.1 Å². The second-order valence-electron chi connectivity index (χ2n) is 4.35. The lowest BCUT2D eigenvalue weighted by Crippen LogP contribution is -2.56. The highest BCUT2D eigenvalue weighted by molar-refractivity contribution is 5.48. The fourth-order valence-electron chi connectivity index (χ4n) is 2.14. The maximum absolute atomic E-state index is 10.1. The summed E-state index contributed by atoms with van der Waals surface area (Å²) in [4.78, 5) is 2.30. The molecule has 2 rings (SSSR count). The van der Waals surface area contributed by atoms with Crippen LogP contribution in [0.5, 0.6) is 0 Å². The summed E-state index contributed by atoms with van der Waals surface area (Å²) in [6.07, 6.45) is 0. The number of anilines is 1. The van der Waals surface area contributed by atoms with Crippen LogP contribution in [0.25, 0.3) is 0 Å². The number of benzene rings is 1. The quantitative estimate of drug-likeness (QED) is 0.803. The molecule has 88 valence electrons. The number of hydrogen-bond acceptors (Lipinski definition) is 3. The number of nitrogens with zero attached hydrogens (tertiary/aromatic N) is 1.